The maximum absolute atomic E-state index is 16.7. The molecule has 2 aromatic carbocycles. The Bertz CT molecular complexity index is 1670. The first kappa shape index (κ1) is 21.4. The fraction of sp³-hybridized carbons (Fsp3) is 0.379. The van der Waals surface area contributed by atoms with Crippen LogP contribution in [0.25, 0.3) is 32.9 Å². The SMILES string of the molecule is C#Cc1c(F)ccc2cc(O)cc(-c3nc(OC4CC4)c4c(C5C6CNCC65)nn(C5CC5)c4c3F)c12. The predicted molar refractivity (Wildman–Crippen MR) is 134 cm³/mol. The van der Waals surface area contributed by atoms with Gasteiger partial charge in [0.15, 0.2) is 5.82 Å². The van der Waals surface area contributed by atoms with E-state index in [0.717, 1.165) is 44.5 Å². The highest BCUT2D eigenvalue weighted by molar-refractivity contribution is 6.03. The molecule has 0 bridgehead atoms. The molecule has 8 heteroatoms. The van der Waals surface area contributed by atoms with Crippen molar-refractivity contribution in [1.29, 1.82) is 0 Å². The number of piperidine rings is 1. The second-order valence-corrected chi connectivity index (χ2v) is 10.9. The van der Waals surface area contributed by atoms with Crippen LogP contribution in [-0.2, 0) is 0 Å². The van der Waals surface area contributed by atoms with Crippen LogP contribution in [0.4, 0.5) is 8.78 Å². The molecule has 8 rings (SSSR count). The molecule has 3 aliphatic carbocycles. The van der Waals surface area contributed by atoms with E-state index in [9.17, 15) is 9.50 Å². The normalized spacial score (nSPS) is 24.4. The molecular weight excluding hydrogens is 474 g/mol. The van der Waals surface area contributed by atoms with Crippen molar-refractivity contribution in [3.63, 3.8) is 0 Å². The smallest absolute Gasteiger partial charge is 0.225 e. The number of pyridine rings is 1. The molecule has 2 unspecified atom stereocenters. The maximum atomic E-state index is 16.7. The van der Waals surface area contributed by atoms with Crippen LogP contribution in [0.5, 0.6) is 11.6 Å². The van der Waals surface area contributed by atoms with Gasteiger partial charge in [-0.2, -0.15) is 5.10 Å². The van der Waals surface area contributed by atoms with Gasteiger partial charge in [0.25, 0.3) is 0 Å². The molecule has 0 radical (unpaired) electrons. The molecule has 2 aromatic heterocycles. The average molecular weight is 499 g/mol. The zero-order chi connectivity index (χ0) is 25.0. The quantitative estimate of drug-likeness (QED) is 0.378. The Kier molecular flexibility index (Phi) is 4.29. The number of nitrogens with zero attached hydrogens (tertiary/aromatic N) is 3. The van der Waals surface area contributed by atoms with E-state index in [4.69, 9.17) is 21.2 Å². The Morgan fingerprint density at radius 1 is 1.08 bits per heavy atom. The van der Waals surface area contributed by atoms with Crippen molar-refractivity contribution in [3.8, 4) is 35.2 Å². The molecule has 186 valence electrons. The standard InChI is InChI=1S/C29H24F2N4O2/c1-2-17-21(30)8-3-13-9-15(36)10-18(22(13)17)26-25(31)28-24(29(33-26)37-16-6-7-16)27(34-35(28)14-4-5-14)23-19-11-32-12-20(19)23/h1,3,8-10,14,16,19-20,23,32,36H,4-7,11-12H2. The van der Waals surface area contributed by atoms with Crippen molar-refractivity contribution in [1.82, 2.24) is 20.1 Å². The van der Waals surface area contributed by atoms with Gasteiger partial charge in [-0.05, 0) is 74.2 Å². The van der Waals surface area contributed by atoms with Gasteiger partial charge in [-0.25, -0.2) is 13.8 Å². The summed E-state index contributed by atoms with van der Waals surface area (Å²) in [5.41, 5.74) is 1.49. The Morgan fingerprint density at radius 2 is 1.86 bits per heavy atom. The van der Waals surface area contributed by atoms with Crippen LogP contribution in [0, 0.1) is 35.8 Å². The van der Waals surface area contributed by atoms with Gasteiger partial charge in [0.05, 0.1) is 22.7 Å². The molecule has 2 atom stereocenters. The molecule has 3 heterocycles. The first-order valence-corrected chi connectivity index (χ1v) is 12.9. The van der Waals surface area contributed by atoms with E-state index >= 15 is 4.39 Å². The van der Waals surface area contributed by atoms with Crippen LogP contribution in [-0.4, -0.2) is 39.1 Å². The number of terminal acetylenes is 1. The summed E-state index contributed by atoms with van der Waals surface area (Å²) in [7, 11) is 0. The minimum Gasteiger partial charge on any atom is -0.508 e. The summed E-state index contributed by atoms with van der Waals surface area (Å²) in [6.45, 7) is 1.88. The summed E-state index contributed by atoms with van der Waals surface area (Å²) in [6, 6.07) is 5.80. The highest BCUT2D eigenvalue weighted by Gasteiger charge is 2.56. The van der Waals surface area contributed by atoms with Crippen LogP contribution in [0.3, 0.4) is 0 Å². The molecule has 0 spiro atoms. The van der Waals surface area contributed by atoms with E-state index in [1.807, 2.05) is 4.68 Å². The summed E-state index contributed by atoms with van der Waals surface area (Å²) in [5, 5.41) is 20.4. The van der Waals surface area contributed by atoms with Gasteiger partial charge in [0, 0.05) is 16.9 Å². The summed E-state index contributed by atoms with van der Waals surface area (Å²) in [6.07, 6.45) is 9.43. The van der Waals surface area contributed by atoms with E-state index < -0.39 is 11.6 Å². The number of phenolic OH excluding ortho intramolecular Hbond substituents is 1. The number of nitrogens with one attached hydrogen (secondary N) is 1. The van der Waals surface area contributed by atoms with Crippen LogP contribution < -0.4 is 10.1 Å². The zero-order valence-electron chi connectivity index (χ0n) is 20.0. The number of benzene rings is 2. The molecule has 4 aromatic rings. The van der Waals surface area contributed by atoms with Gasteiger partial charge >= 0.3 is 0 Å². The van der Waals surface area contributed by atoms with Gasteiger partial charge in [0.2, 0.25) is 5.88 Å². The molecule has 3 saturated carbocycles. The van der Waals surface area contributed by atoms with E-state index in [1.54, 1.807) is 0 Å². The average Bonchev–Trinajstić information content (AvgIpc) is 3.85. The number of hydrogen-bond acceptors (Lipinski definition) is 5. The van der Waals surface area contributed by atoms with Gasteiger partial charge < -0.3 is 15.2 Å². The Hall–Kier alpha value is -3.70. The summed E-state index contributed by atoms with van der Waals surface area (Å²) >= 11 is 0. The zero-order valence-corrected chi connectivity index (χ0v) is 20.0. The lowest BCUT2D eigenvalue weighted by atomic mass is 9.95. The number of aromatic nitrogens is 3. The number of phenols is 1. The van der Waals surface area contributed by atoms with Crippen LogP contribution >= 0.6 is 0 Å². The molecule has 2 N–H and O–H groups in total. The molecule has 4 aliphatic rings. The maximum Gasteiger partial charge on any atom is 0.225 e. The monoisotopic (exact) mass is 498 g/mol. The number of rotatable bonds is 5. The molecule has 1 saturated heterocycles. The Morgan fingerprint density at radius 3 is 2.57 bits per heavy atom. The van der Waals surface area contributed by atoms with Crippen molar-refractivity contribution >= 4 is 21.7 Å². The largest absolute Gasteiger partial charge is 0.508 e. The highest BCUT2D eigenvalue weighted by atomic mass is 19.1. The van der Waals surface area contributed by atoms with Crippen LogP contribution in [0.2, 0.25) is 0 Å². The first-order chi connectivity index (χ1) is 18.0. The van der Waals surface area contributed by atoms with Crippen molar-refractivity contribution in [2.45, 2.75) is 43.7 Å². The lowest BCUT2D eigenvalue weighted by Gasteiger charge is -2.15. The summed E-state index contributed by atoms with van der Waals surface area (Å²) in [5.74, 6) is 2.82. The molecule has 37 heavy (non-hydrogen) atoms. The van der Waals surface area contributed by atoms with Crippen molar-refractivity contribution in [2.75, 3.05) is 13.1 Å². The van der Waals surface area contributed by atoms with Crippen molar-refractivity contribution in [2.24, 2.45) is 11.8 Å². The second-order valence-electron chi connectivity index (χ2n) is 10.9. The van der Waals surface area contributed by atoms with Gasteiger partial charge in [0.1, 0.15) is 28.9 Å². The van der Waals surface area contributed by atoms with E-state index in [-0.39, 0.29) is 40.6 Å². The highest BCUT2D eigenvalue weighted by Crippen LogP contribution is 2.58. The van der Waals surface area contributed by atoms with Crippen LogP contribution in [0.15, 0.2) is 24.3 Å². The van der Waals surface area contributed by atoms with Crippen LogP contribution in [0.1, 0.15) is 48.9 Å². The molecule has 4 fully saturated rings. The van der Waals surface area contributed by atoms with Crippen molar-refractivity contribution in [3.05, 3.63) is 47.2 Å². The number of aromatic hydroxyl groups is 1. The molecule has 0 amide bonds. The third-order valence-electron chi connectivity index (χ3n) is 8.33. The van der Waals surface area contributed by atoms with Gasteiger partial charge in [-0.15, -0.1) is 6.42 Å². The minimum absolute atomic E-state index is 0.00755. The third kappa shape index (κ3) is 3.13. The Balaban J connectivity index is 1.44. The number of hydrogen-bond donors (Lipinski definition) is 2. The predicted octanol–water partition coefficient (Wildman–Crippen LogP) is 5.03. The molecule has 6 nitrogen and oxygen atoms in total. The lowest BCUT2D eigenvalue weighted by Crippen LogP contribution is -2.14. The molecule has 1 aliphatic heterocycles. The summed E-state index contributed by atoms with van der Waals surface area (Å²) in [4.78, 5) is 4.74. The Labute approximate surface area is 211 Å². The lowest BCUT2D eigenvalue weighted by molar-refractivity contribution is 0.295. The fourth-order valence-electron chi connectivity index (χ4n) is 6.19. The number of ether oxygens (including phenoxy) is 1. The third-order valence-corrected chi connectivity index (χ3v) is 8.33. The second kappa shape index (κ2) is 7.42. The topological polar surface area (TPSA) is 72.2 Å². The van der Waals surface area contributed by atoms with E-state index in [2.05, 4.69) is 11.2 Å². The fourth-order valence-corrected chi connectivity index (χ4v) is 6.19. The van der Waals surface area contributed by atoms with E-state index in [0.29, 0.717) is 39.4 Å². The number of halogens is 2. The molecular formula is C29H24F2N4O2. The van der Waals surface area contributed by atoms with Crippen molar-refractivity contribution < 1.29 is 18.6 Å². The van der Waals surface area contributed by atoms with Gasteiger partial charge in [-0.3, -0.25) is 4.68 Å². The van der Waals surface area contributed by atoms with Gasteiger partial charge in [-0.1, -0.05) is 12.0 Å². The first-order valence-electron chi connectivity index (χ1n) is 12.9. The van der Waals surface area contributed by atoms with E-state index in [1.165, 1.54) is 24.3 Å². The minimum atomic E-state index is -0.586. The number of fused-ring (bicyclic) bond motifs is 3. The summed E-state index contributed by atoms with van der Waals surface area (Å²) < 4.78 is 39.6.